The van der Waals surface area contributed by atoms with E-state index in [1.54, 1.807) is 0 Å². The Bertz CT molecular complexity index is 985. The molecule has 30 heavy (non-hydrogen) atoms. The largest absolute Gasteiger partial charge is 0.491 e. The average molecular weight is 435 g/mol. The summed E-state index contributed by atoms with van der Waals surface area (Å²) in [5.41, 5.74) is 2.16. The van der Waals surface area contributed by atoms with Crippen molar-refractivity contribution in [2.75, 3.05) is 26.2 Å². The second kappa shape index (κ2) is 9.57. The third-order valence-corrected chi connectivity index (χ3v) is 7.19. The maximum Gasteiger partial charge on any atom is 0.243 e. The van der Waals surface area contributed by atoms with E-state index in [0.717, 1.165) is 29.0 Å². The van der Waals surface area contributed by atoms with E-state index in [1.165, 1.54) is 16.4 Å². The molecule has 0 aliphatic carbocycles. The molecule has 0 atom stereocenters. The highest BCUT2D eigenvalue weighted by Gasteiger charge is 2.32. The van der Waals surface area contributed by atoms with Gasteiger partial charge in [0.1, 0.15) is 18.2 Å². The number of rotatable bonds is 7. The first kappa shape index (κ1) is 22.2. The van der Waals surface area contributed by atoms with Crippen molar-refractivity contribution in [1.29, 1.82) is 0 Å². The van der Waals surface area contributed by atoms with Crippen LogP contribution in [0.3, 0.4) is 0 Å². The van der Waals surface area contributed by atoms with Gasteiger partial charge in [-0.1, -0.05) is 12.1 Å². The number of sulfonamides is 1. The topological polar surface area (TPSA) is 75.7 Å². The Balaban J connectivity index is 1.45. The van der Waals surface area contributed by atoms with Crippen LogP contribution in [0.25, 0.3) is 0 Å². The second-order valence-corrected chi connectivity index (χ2v) is 9.48. The molecular formula is C22H27FN2O4S. The van der Waals surface area contributed by atoms with E-state index in [-0.39, 0.29) is 29.8 Å². The summed E-state index contributed by atoms with van der Waals surface area (Å²) in [5, 5.41) is 2.87. The smallest absolute Gasteiger partial charge is 0.243 e. The van der Waals surface area contributed by atoms with Crippen molar-refractivity contribution in [2.24, 2.45) is 5.92 Å². The number of ether oxygens (including phenoxy) is 1. The van der Waals surface area contributed by atoms with Gasteiger partial charge in [0.2, 0.25) is 15.9 Å². The SMILES string of the molecule is Cc1ccc(C)c(OCCNC(=O)C2CCN(S(=O)(=O)c3ccc(F)cc3)CC2)c1. The van der Waals surface area contributed by atoms with Crippen molar-refractivity contribution in [3.8, 4) is 5.75 Å². The number of piperidine rings is 1. The Hall–Kier alpha value is -2.45. The van der Waals surface area contributed by atoms with E-state index in [9.17, 15) is 17.6 Å². The number of carbonyl (C=O) groups excluding carboxylic acids is 1. The van der Waals surface area contributed by atoms with Crippen LogP contribution < -0.4 is 10.1 Å². The Morgan fingerprint density at radius 2 is 1.80 bits per heavy atom. The number of benzene rings is 2. The van der Waals surface area contributed by atoms with E-state index >= 15 is 0 Å². The Morgan fingerprint density at radius 1 is 1.13 bits per heavy atom. The number of nitrogens with zero attached hydrogens (tertiary/aromatic N) is 1. The van der Waals surface area contributed by atoms with E-state index in [4.69, 9.17) is 4.74 Å². The van der Waals surface area contributed by atoms with Gasteiger partial charge in [0.15, 0.2) is 0 Å². The Morgan fingerprint density at radius 3 is 2.47 bits per heavy atom. The monoisotopic (exact) mass is 434 g/mol. The molecule has 3 rings (SSSR count). The molecular weight excluding hydrogens is 407 g/mol. The zero-order valence-electron chi connectivity index (χ0n) is 17.2. The van der Waals surface area contributed by atoms with Crippen LogP contribution in [-0.4, -0.2) is 44.9 Å². The second-order valence-electron chi connectivity index (χ2n) is 7.54. The fourth-order valence-electron chi connectivity index (χ4n) is 3.46. The highest BCUT2D eigenvalue weighted by atomic mass is 32.2. The molecule has 1 aliphatic heterocycles. The molecule has 0 radical (unpaired) electrons. The van der Waals surface area contributed by atoms with Gasteiger partial charge in [-0.2, -0.15) is 4.31 Å². The molecule has 1 amide bonds. The number of halogens is 1. The van der Waals surface area contributed by atoms with Gasteiger partial charge in [-0.25, -0.2) is 12.8 Å². The number of aryl methyl sites for hydroxylation is 2. The fraction of sp³-hybridized carbons (Fsp3) is 0.409. The van der Waals surface area contributed by atoms with Crippen LogP contribution in [0.1, 0.15) is 24.0 Å². The minimum Gasteiger partial charge on any atom is -0.491 e. The van der Waals surface area contributed by atoms with Crippen molar-refractivity contribution in [1.82, 2.24) is 9.62 Å². The molecule has 162 valence electrons. The molecule has 1 fully saturated rings. The van der Waals surface area contributed by atoms with E-state index < -0.39 is 15.8 Å². The zero-order chi connectivity index (χ0) is 21.7. The third kappa shape index (κ3) is 5.37. The van der Waals surface area contributed by atoms with Crippen LogP contribution in [0.15, 0.2) is 47.4 Å². The predicted octanol–water partition coefficient (Wildman–Crippen LogP) is 3.04. The predicted molar refractivity (Wildman–Crippen MR) is 112 cm³/mol. The van der Waals surface area contributed by atoms with Crippen molar-refractivity contribution in [3.05, 3.63) is 59.4 Å². The van der Waals surface area contributed by atoms with Crippen LogP contribution >= 0.6 is 0 Å². The number of nitrogens with one attached hydrogen (secondary N) is 1. The first-order valence-electron chi connectivity index (χ1n) is 10.0. The zero-order valence-corrected chi connectivity index (χ0v) is 18.0. The lowest BCUT2D eigenvalue weighted by Gasteiger charge is -2.30. The molecule has 0 saturated carbocycles. The van der Waals surface area contributed by atoms with E-state index in [2.05, 4.69) is 5.32 Å². The molecule has 1 N–H and O–H groups in total. The summed E-state index contributed by atoms with van der Waals surface area (Å²) >= 11 is 0. The van der Waals surface area contributed by atoms with Crippen LogP contribution in [0.5, 0.6) is 5.75 Å². The molecule has 6 nitrogen and oxygen atoms in total. The van der Waals surface area contributed by atoms with Crippen molar-refractivity contribution >= 4 is 15.9 Å². The normalized spacial score (nSPS) is 15.7. The van der Waals surface area contributed by atoms with Gasteiger partial charge in [0, 0.05) is 19.0 Å². The molecule has 8 heteroatoms. The highest BCUT2D eigenvalue weighted by Crippen LogP contribution is 2.24. The summed E-state index contributed by atoms with van der Waals surface area (Å²) in [6.07, 6.45) is 0.897. The number of hydrogen-bond donors (Lipinski definition) is 1. The lowest BCUT2D eigenvalue weighted by molar-refractivity contribution is -0.126. The summed E-state index contributed by atoms with van der Waals surface area (Å²) in [5.74, 6) is 0.0122. The number of hydrogen-bond acceptors (Lipinski definition) is 4. The average Bonchev–Trinajstić information content (AvgIpc) is 2.74. The van der Waals surface area contributed by atoms with Crippen molar-refractivity contribution in [2.45, 2.75) is 31.6 Å². The molecule has 2 aromatic carbocycles. The van der Waals surface area contributed by atoms with Gasteiger partial charge in [0.25, 0.3) is 0 Å². The lowest BCUT2D eigenvalue weighted by Crippen LogP contribution is -2.43. The fourth-order valence-corrected chi connectivity index (χ4v) is 4.93. The molecule has 1 saturated heterocycles. The third-order valence-electron chi connectivity index (χ3n) is 5.28. The van der Waals surface area contributed by atoms with Crippen LogP contribution in [0, 0.1) is 25.6 Å². The summed E-state index contributed by atoms with van der Waals surface area (Å²) in [4.78, 5) is 12.5. The van der Waals surface area contributed by atoms with Gasteiger partial charge in [-0.15, -0.1) is 0 Å². The van der Waals surface area contributed by atoms with Gasteiger partial charge in [-0.05, 0) is 68.1 Å². The number of carbonyl (C=O) groups is 1. The van der Waals surface area contributed by atoms with Crippen LogP contribution in [-0.2, 0) is 14.8 Å². The first-order valence-corrected chi connectivity index (χ1v) is 11.4. The van der Waals surface area contributed by atoms with Gasteiger partial charge in [-0.3, -0.25) is 4.79 Å². The maximum absolute atomic E-state index is 13.1. The maximum atomic E-state index is 13.1. The van der Waals surface area contributed by atoms with Crippen LogP contribution in [0.4, 0.5) is 4.39 Å². The molecule has 0 unspecified atom stereocenters. The Kier molecular flexibility index (Phi) is 7.10. The molecule has 1 heterocycles. The molecule has 1 aliphatic rings. The van der Waals surface area contributed by atoms with Gasteiger partial charge < -0.3 is 10.1 Å². The summed E-state index contributed by atoms with van der Waals surface area (Å²) in [6.45, 7) is 5.25. The van der Waals surface area contributed by atoms with Crippen LogP contribution in [0.2, 0.25) is 0 Å². The minimum absolute atomic E-state index is 0.0652. The summed E-state index contributed by atoms with van der Waals surface area (Å²) < 4.78 is 45.5. The van der Waals surface area contributed by atoms with E-state index in [1.807, 2.05) is 32.0 Å². The molecule has 0 spiro atoms. The van der Waals surface area contributed by atoms with Gasteiger partial charge >= 0.3 is 0 Å². The van der Waals surface area contributed by atoms with Gasteiger partial charge in [0.05, 0.1) is 11.4 Å². The van der Waals surface area contributed by atoms with Crippen molar-refractivity contribution in [3.63, 3.8) is 0 Å². The van der Waals surface area contributed by atoms with E-state index in [0.29, 0.717) is 26.0 Å². The lowest BCUT2D eigenvalue weighted by atomic mass is 9.97. The highest BCUT2D eigenvalue weighted by molar-refractivity contribution is 7.89. The standard InChI is InChI=1S/C22H27FN2O4S/c1-16-3-4-17(2)21(15-16)29-14-11-24-22(26)18-9-12-25(13-10-18)30(27,28)20-7-5-19(23)6-8-20/h3-8,15,18H,9-14H2,1-2H3,(H,24,26). The molecule has 2 aromatic rings. The van der Waals surface area contributed by atoms with Crippen molar-refractivity contribution < 1.29 is 22.3 Å². The minimum atomic E-state index is -3.67. The first-order chi connectivity index (χ1) is 14.3. The molecule has 0 bridgehead atoms. The summed E-state index contributed by atoms with van der Waals surface area (Å²) in [6, 6.07) is 10.8. The molecule has 0 aromatic heterocycles. The quantitative estimate of drug-likeness (QED) is 0.680. The Labute approximate surface area is 177 Å². The number of amides is 1. The summed E-state index contributed by atoms with van der Waals surface area (Å²) in [7, 11) is -3.67.